The van der Waals surface area contributed by atoms with E-state index < -0.39 is 155 Å². The van der Waals surface area contributed by atoms with Crippen molar-refractivity contribution < 1.29 is 82.6 Å². The zero-order valence-electron chi connectivity index (χ0n) is 48.6. The molecule has 4 aliphatic carbocycles. The van der Waals surface area contributed by atoms with Crippen LogP contribution in [-0.4, -0.2) is 154 Å². The van der Waals surface area contributed by atoms with Gasteiger partial charge in [-0.05, 0) is 90.4 Å². The minimum atomic E-state index is -1.72. The first-order valence-electron chi connectivity index (χ1n) is 29.5. The van der Waals surface area contributed by atoms with Crippen LogP contribution in [0.15, 0.2) is 34.9 Å². The number of methoxy groups -OCH3 is 1. The molecular formula is C61H94O17. The molecule has 78 heavy (non-hydrogen) atoms. The molecule has 5 fully saturated rings. The van der Waals surface area contributed by atoms with E-state index in [1.165, 1.54) is 0 Å². The van der Waals surface area contributed by atoms with E-state index in [0.717, 1.165) is 16.7 Å². The lowest BCUT2D eigenvalue weighted by atomic mass is 9.45. The molecule has 0 aromatic carbocycles. The summed E-state index contributed by atoms with van der Waals surface area (Å²) in [6.07, 6.45) is -0.901. The Kier molecular flexibility index (Phi) is 19.0. The highest BCUT2D eigenvalue weighted by atomic mass is 16.7. The number of aliphatic hydroxyl groups is 5. The van der Waals surface area contributed by atoms with Gasteiger partial charge in [0.25, 0.3) is 0 Å². The molecule has 17 heteroatoms. The number of hydrogen-bond donors (Lipinski definition) is 5. The van der Waals surface area contributed by atoms with Crippen LogP contribution in [0.4, 0.5) is 0 Å². The van der Waals surface area contributed by atoms with Crippen LogP contribution < -0.4 is 0 Å². The minimum Gasteiger partial charge on any atom is -0.449 e. The van der Waals surface area contributed by atoms with E-state index in [1.54, 1.807) is 14.0 Å². The largest absolute Gasteiger partial charge is 0.449 e. The number of hydrogen-bond acceptors (Lipinski definition) is 17. The van der Waals surface area contributed by atoms with Gasteiger partial charge in [-0.25, -0.2) is 0 Å². The van der Waals surface area contributed by atoms with Crippen molar-refractivity contribution in [3.63, 3.8) is 0 Å². The molecule has 4 heterocycles. The summed E-state index contributed by atoms with van der Waals surface area (Å²) in [5.41, 5.74) is -1.32. The van der Waals surface area contributed by atoms with Gasteiger partial charge < -0.3 is 63.4 Å². The predicted octanol–water partition coefficient (Wildman–Crippen LogP) is 6.65. The summed E-state index contributed by atoms with van der Waals surface area (Å²) in [7, 11) is 1.57. The highest BCUT2D eigenvalue weighted by Crippen LogP contribution is 2.62. The van der Waals surface area contributed by atoms with Crippen LogP contribution in [0.3, 0.4) is 0 Å². The molecule has 1 spiro atoms. The monoisotopic (exact) mass is 1100 g/mol. The Labute approximate surface area is 462 Å². The van der Waals surface area contributed by atoms with E-state index in [9.17, 15) is 35.1 Å². The fourth-order valence-electron chi connectivity index (χ4n) is 16.1. The van der Waals surface area contributed by atoms with Crippen molar-refractivity contribution >= 4 is 23.3 Å². The standard InChI is InChI=1S/C61H94O17/c1-14-39-21-38(28-62)19-31(5)53(75-47-24-44(66)54(36(10)73-47)76-48-25-45(71-13)55(37(11)74-48)77-46-23-43(65)52(67)35(9)72-46)29(3)17-16-18-59(12)26-32(6)33(7)27-61(59)57(69)49(58(70)78-61)56(68)60(15-2)50(39)30(4)20-40-42(64)22-41(63)34(8)51(40)60/h20-21,26,29,31,33-38,40,42-55,62,64-67H,14-19,22-25,27-28H2,1-13H3. The second-order valence-corrected chi connectivity index (χ2v) is 25.5. The lowest BCUT2D eigenvalue weighted by Crippen LogP contribution is -2.61. The zero-order valence-corrected chi connectivity index (χ0v) is 48.6. The maximum atomic E-state index is 16.2. The molecule has 26 atom stereocenters. The number of carbonyl (C=O) groups is 4. The summed E-state index contributed by atoms with van der Waals surface area (Å²) >= 11 is 0. The van der Waals surface area contributed by atoms with Crippen molar-refractivity contribution in [2.75, 3.05) is 13.7 Å². The molecular weight excluding hydrogens is 1000 g/mol. The van der Waals surface area contributed by atoms with Crippen LogP contribution in [0, 0.1) is 64.1 Å². The van der Waals surface area contributed by atoms with E-state index in [-0.39, 0.29) is 68.7 Å². The van der Waals surface area contributed by atoms with Crippen LogP contribution in [0.5, 0.6) is 0 Å². The van der Waals surface area contributed by atoms with E-state index in [0.29, 0.717) is 32.1 Å². The number of fused-ring (bicyclic) bond motifs is 4. The first-order chi connectivity index (χ1) is 36.8. The normalized spacial score (nSPS) is 48.8. The molecule has 0 aromatic rings. The number of allylic oxidation sites excluding steroid dienone is 3. The van der Waals surface area contributed by atoms with Gasteiger partial charge in [-0.2, -0.15) is 0 Å². The third kappa shape index (κ3) is 11.1. The van der Waals surface area contributed by atoms with Gasteiger partial charge in [-0.15, -0.1) is 0 Å². The second-order valence-electron chi connectivity index (χ2n) is 25.5. The topological polar surface area (TPSA) is 243 Å². The highest BCUT2D eigenvalue weighted by molar-refractivity contribution is 6.25. The quantitative estimate of drug-likeness (QED) is 0.0873. The van der Waals surface area contributed by atoms with E-state index in [1.807, 2.05) is 68.4 Å². The fourth-order valence-corrected chi connectivity index (χ4v) is 16.1. The molecule has 26 unspecified atom stereocenters. The second kappa shape index (κ2) is 24.2. The summed E-state index contributed by atoms with van der Waals surface area (Å²) in [5.74, 6) is -7.22. The van der Waals surface area contributed by atoms with Crippen LogP contribution in [0.25, 0.3) is 0 Å². The van der Waals surface area contributed by atoms with Crippen LogP contribution in [0.1, 0.15) is 154 Å². The molecule has 17 nitrogen and oxygen atoms in total. The van der Waals surface area contributed by atoms with Gasteiger partial charge in [0, 0.05) is 80.3 Å². The Morgan fingerprint density at radius 2 is 1.33 bits per heavy atom. The molecule has 0 radical (unpaired) electrons. The van der Waals surface area contributed by atoms with Crippen molar-refractivity contribution in [3.05, 3.63) is 34.9 Å². The van der Waals surface area contributed by atoms with Gasteiger partial charge in [0.05, 0.1) is 48.8 Å². The average molecular weight is 1100 g/mol. The Morgan fingerprint density at radius 1 is 0.718 bits per heavy atom. The molecule has 4 aliphatic heterocycles. The Morgan fingerprint density at radius 3 is 1.95 bits per heavy atom. The number of esters is 1. The molecule has 2 bridgehead atoms. The molecule has 8 aliphatic rings. The average Bonchev–Trinajstić information content (AvgIpc) is 3.88. The summed E-state index contributed by atoms with van der Waals surface area (Å²) in [6.45, 7) is 23.0. The lowest BCUT2D eigenvalue weighted by Gasteiger charge is -2.56. The van der Waals surface area contributed by atoms with Crippen molar-refractivity contribution in [2.24, 2.45) is 64.1 Å². The molecule has 0 aromatic heterocycles. The number of aliphatic hydroxyl groups excluding tert-OH is 5. The van der Waals surface area contributed by atoms with Crippen LogP contribution >= 0.6 is 0 Å². The number of rotatable bonds is 10. The minimum absolute atomic E-state index is 0.0550. The van der Waals surface area contributed by atoms with Gasteiger partial charge in [-0.1, -0.05) is 89.8 Å². The van der Waals surface area contributed by atoms with E-state index in [2.05, 4.69) is 26.0 Å². The number of carbonyl (C=O) groups excluding carboxylic acids is 4. The third-order valence-corrected chi connectivity index (χ3v) is 20.4. The maximum Gasteiger partial charge on any atom is 0.325 e. The zero-order chi connectivity index (χ0) is 57.1. The molecule has 440 valence electrons. The van der Waals surface area contributed by atoms with Gasteiger partial charge >= 0.3 is 5.97 Å². The van der Waals surface area contributed by atoms with Crippen LogP contribution in [-0.2, 0) is 57.1 Å². The van der Waals surface area contributed by atoms with E-state index in [4.69, 9.17) is 37.9 Å². The SMILES string of the molecule is CCC1=CC(CO)CC(C)C(OC2CC(O)C(OC3CC(OC)C(OC4CC(O)C(O)C(C)O4)C(C)O3)C(C)O2)C(C)CCCC2(C)C=C(C)C(C)CC23OC(=O)C(C(=O)C2(CC)C1C(C)=CC1C(O)CC(=O)C(C)C12)C3=O. The van der Waals surface area contributed by atoms with Crippen LogP contribution in [0.2, 0.25) is 0 Å². The van der Waals surface area contributed by atoms with E-state index >= 15 is 9.59 Å². The summed E-state index contributed by atoms with van der Waals surface area (Å²) in [4.78, 5) is 60.5. The van der Waals surface area contributed by atoms with Crippen molar-refractivity contribution in [1.82, 2.24) is 0 Å². The number of ketones is 3. The van der Waals surface area contributed by atoms with Crippen molar-refractivity contribution in [2.45, 2.75) is 245 Å². The number of ether oxygens (including phenoxy) is 8. The molecule has 8 rings (SSSR count). The lowest BCUT2D eigenvalue weighted by molar-refractivity contribution is -0.338. The Hall–Kier alpha value is -2.78. The van der Waals surface area contributed by atoms with Gasteiger partial charge in [0.15, 0.2) is 42.0 Å². The maximum absolute atomic E-state index is 16.2. The van der Waals surface area contributed by atoms with Gasteiger partial charge in [0.1, 0.15) is 24.1 Å². The number of Topliss-reactive ketones (excluding diaryl/α,β-unsaturated/α-hetero) is 3. The van der Waals surface area contributed by atoms with Crippen molar-refractivity contribution in [1.29, 1.82) is 0 Å². The predicted molar refractivity (Wildman–Crippen MR) is 286 cm³/mol. The smallest absolute Gasteiger partial charge is 0.325 e. The Bertz CT molecular complexity index is 2260. The molecule has 4 saturated heterocycles. The van der Waals surface area contributed by atoms with Gasteiger partial charge in [-0.3, -0.25) is 19.2 Å². The van der Waals surface area contributed by atoms with Gasteiger partial charge in [0.2, 0.25) is 0 Å². The molecule has 1 saturated carbocycles. The van der Waals surface area contributed by atoms with Crippen molar-refractivity contribution in [3.8, 4) is 0 Å². The summed E-state index contributed by atoms with van der Waals surface area (Å²) in [6, 6.07) is 0. The first kappa shape index (κ1) is 61.3. The summed E-state index contributed by atoms with van der Waals surface area (Å²) < 4.78 is 51.0. The fraction of sp³-hybridized carbons (Fsp3) is 0.836. The highest BCUT2D eigenvalue weighted by Gasteiger charge is 2.71. The third-order valence-electron chi connectivity index (χ3n) is 20.4. The molecule has 0 amide bonds. The molecule has 5 N–H and O–H groups in total. The summed E-state index contributed by atoms with van der Waals surface area (Å²) in [5, 5.41) is 55.5. The first-order valence-corrected chi connectivity index (χ1v) is 29.5. The Balaban J connectivity index is 1.09.